The maximum Gasteiger partial charge on any atom is 0.305 e. The normalized spacial score (nSPS) is 25.6. The number of esters is 1. The molecule has 8 heteroatoms. The second-order valence-corrected chi connectivity index (χ2v) is 7.30. The lowest BCUT2D eigenvalue weighted by Crippen LogP contribution is -2.60. The lowest BCUT2D eigenvalue weighted by atomic mass is 9.99. The number of methoxy groups -OCH3 is 1. The molecule has 5 atom stereocenters. The van der Waals surface area contributed by atoms with Gasteiger partial charge in [0.1, 0.15) is 42.5 Å². The number of carbonyl (C=O) groups is 1. The summed E-state index contributed by atoms with van der Waals surface area (Å²) in [5, 5.41) is 30.8. The predicted molar refractivity (Wildman–Crippen MR) is 111 cm³/mol. The van der Waals surface area contributed by atoms with Crippen molar-refractivity contribution in [2.24, 2.45) is 0 Å². The van der Waals surface area contributed by atoms with E-state index in [1.165, 1.54) is 0 Å². The van der Waals surface area contributed by atoms with Crippen LogP contribution >= 0.6 is 0 Å². The quantitative estimate of drug-likeness (QED) is 0.537. The van der Waals surface area contributed by atoms with Crippen LogP contribution in [0.4, 0.5) is 0 Å². The van der Waals surface area contributed by atoms with Crippen molar-refractivity contribution in [3.63, 3.8) is 0 Å². The van der Waals surface area contributed by atoms with Gasteiger partial charge in [-0.1, -0.05) is 37.3 Å². The Hall–Kier alpha value is -2.65. The lowest BCUT2D eigenvalue weighted by molar-refractivity contribution is -0.278. The van der Waals surface area contributed by atoms with E-state index in [-0.39, 0.29) is 13.0 Å². The van der Waals surface area contributed by atoms with Gasteiger partial charge in [0.25, 0.3) is 0 Å². The smallest absolute Gasteiger partial charge is 0.305 e. The van der Waals surface area contributed by atoms with Gasteiger partial charge in [-0.05, 0) is 29.3 Å². The summed E-state index contributed by atoms with van der Waals surface area (Å²) in [4.78, 5) is 11.4. The highest BCUT2D eigenvalue weighted by Gasteiger charge is 2.45. The van der Waals surface area contributed by atoms with E-state index in [0.717, 1.165) is 16.9 Å². The van der Waals surface area contributed by atoms with Gasteiger partial charge < -0.3 is 34.3 Å². The maximum atomic E-state index is 11.4. The van der Waals surface area contributed by atoms with Crippen molar-refractivity contribution in [1.82, 2.24) is 0 Å². The molecule has 0 radical (unpaired) electrons. The van der Waals surface area contributed by atoms with Crippen LogP contribution in [0.5, 0.6) is 11.5 Å². The fraction of sp³-hybridized carbons (Fsp3) is 0.435. The molecule has 2 aromatic rings. The third-order valence-electron chi connectivity index (χ3n) is 5.14. The zero-order valence-electron chi connectivity index (χ0n) is 17.5. The first-order valence-corrected chi connectivity index (χ1v) is 10.2. The van der Waals surface area contributed by atoms with Crippen LogP contribution in [0.2, 0.25) is 0 Å². The molecule has 1 aliphatic heterocycles. The molecular weight excluding hydrogens is 404 g/mol. The highest BCUT2D eigenvalue weighted by molar-refractivity contribution is 5.68. The van der Waals surface area contributed by atoms with Crippen LogP contribution in [-0.4, -0.2) is 65.7 Å². The molecule has 0 amide bonds. The molecule has 3 rings (SSSR count). The number of hydrogen-bond acceptors (Lipinski definition) is 8. The van der Waals surface area contributed by atoms with E-state index in [4.69, 9.17) is 18.9 Å². The van der Waals surface area contributed by atoms with Crippen molar-refractivity contribution < 1.29 is 39.1 Å². The number of hydrogen-bond donors (Lipinski definition) is 3. The van der Waals surface area contributed by atoms with E-state index >= 15 is 0 Å². The molecule has 0 aromatic heterocycles. The Labute approximate surface area is 180 Å². The molecule has 8 nitrogen and oxygen atoms in total. The minimum absolute atomic E-state index is 0.173. The summed E-state index contributed by atoms with van der Waals surface area (Å²) in [5.41, 5.74) is 1.87. The lowest BCUT2D eigenvalue weighted by Gasteiger charge is -2.40. The average molecular weight is 432 g/mol. The van der Waals surface area contributed by atoms with Crippen molar-refractivity contribution in [3.05, 3.63) is 59.7 Å². The van der Waals surface area contributed by atoms with Crippen LogP contribution in [0.3, 0.4) is 0 Å². The van der Waals surface area contributed by atoms with Gasteiger partial charge in [-0.15, -0.1) is 0 Å². The van der Waals surface area contributed by atoms with E-state index in [9.17, 15) is 20.1 Å². The van der Waals surface area contributed by atoms with Gasteiger partial charge in [-0.3, -0.25) is 4.79 Å². The number of ether oxygens (including phenoxy) is 4. The highest BCUT2D eigenvalue weighted by Crippen LogP contribution is 2.28. The zero-order valence-corrected chi connectivity index (χ0v) is 17.5. The molecule has 168 valence electrons. The van der Waals surface area contributed by atoms with Crippen molar-refractivity contribution in [2.45, 2.75) is 50.5 Å². The summed E-state index contributed by atoms with van der Waals surface area (Å²) in [6.45, 7) is 1.38. The van der Waals surface area contributed by atoms with Gasteiger partial charge in [0.15, 0.2) is 0 Å². The van der Waals surface area contributed by atoms with Crippen molar-refractivity contribution in [2.75, 3.05) is 13.7 Å². The summed E-state index contributed by atoms with van der Waals surface area (Å²) < 4.78 is 21.7. The van der Waals surface area contributed by atoms with E-state index in [1.807, 2.05) is 36.4 Å². The van der Waals surface area contributed by atoms with E-state index in [2.05, 4.69) is 0 Å². The maximum absolute atomic E-state index is 11.4. The van der Waals surface area contributed by atoms with Crippen molar-refractivity contribution in [3.8, 4) is 11.5 Å². The van der Waals surface area contributed by atoms with E-state index in [0.29, 0.717) is 12.2 Å². The molecule has 0 bridgehead atoms. The molecule has 1 saturated heterocycles. The van der Waals surface area contributed by atoms with Gasteiger partial charge in [0, 0.05) is 12.8 Å². The summed E-state index contributed by atoms with van der Waals surface area (Å²) >= 11 is 0. The van der Waals surface area contributed by atoms with E-state index < -0.39 is 36.7 Å². The van der Waals surface area contributed by atoms with Crippen LogP contribution < -0.4 is 9.47 Å². The van der Waals surface area contributed by atoms with Gasteiger partial charge in [-0.25, -0.2) is 0 Å². The molecule has 0 saturated carbocycles. The Bertz CT molecular complexity index is 853. The fourth-order valence-corrected chi connectivity index (χ4v) is 3.28. The molecule has 0 unspecified atom stereocenters. The number of rotatable bonds is 8. The number of carbonyl (C=O) groups excluding carboxylic acids is 1. The molecule has 0 spiro atoms. The number of aliphatic hydroxyl groups excluding tert-OH is 3. The Kier molecular flexibility index (Phi) is 7.86. The third-order valence-corrected chi connectivity index (χ3v) is 5.14. The minimum Gasteiger partial charge on any atom is -0.497 e. The van der Waals surface area contributed by atoms with Gasteiger partial charge in [-0.2, -0.15) is 0 Å². The molecule has 2 aromatic carbocycles. The average Bonchev–Trinajstić information content (AvgIpc) is 2.80. The van der Waals surface area contributed by atoms with Crippen LogP contribution in [-0.2, 0) is 20.7 Å². The Morgan fingerprint density at radius 1 is 1.00 bits per heavy atom. The Morgan fingerprint density at radius 2 is 1.71 bits per heavy atom. The standard InChI is InChI=1S/C23H28O8/c1-3-19(24)29-13-18-20(25)21(26)22(27)23(31-18)30-17-7-5-4-6-15(17)12-14-8-10-16(28-2)11-9-14/h4-11,18,20-23,25-27H,3,12-13H2,1-2H3/t18-,20-,21+,22-,23+/m1/s1. The van der Waals surface area contributed by atoms with Gasteiger partial charge >= 0.3 is 5.97 Å². The fourth-order valence-electron chi connectivity index (χ4n) is 3.28. The van der Waals surface area contributed by atoms with Crippen molar-refractivity contribution in [1.29, 1.82) is 0 Å². The summed E-state index contributed by atoms with van der Waals surface area (Å²) in [6.07, 6.45) is -5.97. The molecular formula is C23H28O8. The van der Waals surface area contributed by atoms with Crippen LogP contribution in [0.1, 0.15) is 24.5 Å². The van der Waals surface area contributed by atoms with Gasteiger partial charge in [0.05, 0.1) is 7.11 Å². The summed E-state index contributed by atoms with van der Waals surface area (Å²) in [5.74, 6) is 0.767. The first-order chi connectivity index (χ1) is 14.9. The topological polar surface area (TPSA) is 115 Å². The molecule has 0 aliphatic carbocycles. The third kappa shape index (κ3) is 5.74. The molecule has 31 heavy (non-hydrogen) atoms. The molecule has 1 heterocycles. The van der Waals surface area contributed by atoms with E-state index in [1.54, 1.807) is 26.2 Å². The van der Waals surface area contributed by atoms with Crippen LogP contribution in [0.15, 0.2) is 48.5 Å². The minimum atomic E-state index is -1.52. The highest BCUT2D eigenvalue weighted by atomic mass is 16.7. The first kappa shape index (κ1) is 23.0. The summed E-state index contributed by atoms with van der Waals surface area (Å²) in [7, 11) is 1.61. The monoisotopic (exact) mass is 432 g/mol. The second-order valence-electron chi connectivity index (χ2n) is 7.30. The molecule has 1 fully saturated rings. The van der Waals surface area contributed by atoms with Crippen LogP contribution in [0, 0.1) is 0 Å². The number of aliphatic hydroxyl groups is 3. The SMILES string of the molecule is CCC(=O)OC[C@H]1O[C@H](Oc2ccccc2Cc2ccc(OC)cc2)[C@H](O)[C@@H](O)[C@@H]1O. The largest absolute Gasteiger partial charge is 0.497 e. The predicted octanol–water partition coefficient (Wildman–Crippen LogP) is 1.43. The first-order valence-electron chi connectivity index (χ1n) is 10.2. The molecule has 1 aliphatic rings. The van der Waals surface area contributed by atoms with Crippen molar-refractivity contribution >= 4 is 5.97 Å². The Morgan fingerprint density at radius 3 is 2.39 bits per heavy atom. The number of benzene rings is 2. The second kappa shape index (κ2) is 10.6. The van der Waals surface area contributed by atoms with Crippen LogP contribution in [0.25, 0.3) is 0 Å². The zero-order chi connectivity index (χ0) is 22.4. The van der Waals surface area contributed by atoms with Gasteiger partial charge in [0.2, 0.25) is 6.29 Å². The summed E-state index contributed by atoms with van der Waals surface area (Å²) in [6, 6.07) is 14.9. The molecule has 3 N–H and O–H groups in total. The Balaban J connectivity index is 1.73. The number of para-hydroxylation sites is 1.